The summed E-state index contributed by atoms with van der Waals surface area (Å²) in [6.07, 6.45) is 3.72. The van der Waals surface area contributed by atoms with Crippen LogP contribution in [0.1, 0.15) is 70.3 Å². The van der Waals surface area contributed by atoms with Crippen molar-refractivity contribution in [2.24, 2.45) is 0 Å². The molecule has 3 aromatic carbocycles. The molecule has 6 rings (SSSR count). The van der Waals surface area contributed by atoms with Crippen LogP contribution in [0.3, 0.4) is 0 Å². The molecule has 12 heteroatoms. The van der Waals surface area contributed by atoms with Gasteiger partial charge in [0.05, 0.1) is 32.5 Å². The van der Waals surface area contributed by atoms with Crippen LogP contribution in [0.25, 0.3) is 11.3 Å². The number of nitrogens with one attached hydrogen (secondary N) is 1. The fraction of sp³-hybridized carbons (Fsp3) is 0.290. The van der Waals surface area contributed by atoms with Gasteiger partial charge in [-0.05, 0) is 73.6 Å². The highest BCUT2D eigenvalue weighted by atomic mass is 35.5. The zero-order chi connectivity index (χ0) is 30.5. The molecular weight excluding hydrogens is 635 g/mol. The van der Waals surface area contributed by atoms with Crippen molar-refractivity contribution < 1.29 is 27.6 Å². The van der Waals surface area contributed by atoms with Gasteiger partial charge in [0.15, 0.2) is 0 Å². The number of sulfonamides is 1. The molecule has 2 aliphatic rings. The van der Waals surface area contributed by atoms with Gasteiger partial charge in [0.1, 0.15) is 23.8 Å². The number of carbonyl (C=O) groups excluding carboxylic acids is 1. The second kappa shape index (κ2) is 11.4. The largest absolute Gasteiger partial charge is 0.489 e. The van der Waals surface area contributed by atoms with E-state index < -0.39 is 21.5 Å². The van der Waals surface area contributed by atoms with Crippen molar-refractivity contribution in [1.82, 2.24) is 9.88 Å². The first-order valence-electron chi connectivity index (χ1n) is 13.6. The van der Waals surface area contributed by atoms with E-state index in [-0.39, 0.29) is 24.0 Å². The minimum absolute atomic E-state index is 0.0348. The van der Waals surface area contributed by atoms with Crippen molar-refractivity contribution >= 4 is 50.7 Å². The Kier molecular flexibility index (Phi) is 7.98. The average Bonchev–Trinajstić information content (AvgIpc) is 3.69. The van der Waals surface area contributed by atoms with Crippen molar-refractivity contribution in [2.45, 2.75) is 49.7 Å². The van der Waals surface area contributed by atoms with Crippen LogP contribution in [0, 0.1) is 0 Å². The lowest BCUT2D eigenvalue weighted by Gasteiger charge is -2.45. The molecule has 43 heavy (non-hydrogen) atoms. The number of ether oxygens (including phenoxy) is 1. The van der Waals surface area contributed by atoms with E-state index in [4.69, 9.17) is 44.1 Å². The summed E-state index contributed by atoms with van der Waals surface area (Å²) in [5.74, 6) is 0.823. The number of nitrogens with zero attached hydrogens (tertiary/aromatic N) is 1. The van der Waals surface area contributed by atoms with Crippen LogP contribution in [-0.2, 0) is 22.2 Å². The number of halogens is 3. The molecule has 2 aliphatic carbocycles. The minimum atomic E-state index is -3.68. The van der Waals surface area contributed by atoms with Gasteiger partial charge in [-0.15, -0.1) is 0 Å². The second-order valence-electron chi connectivity index (χ2n) is 11.1. The Balaban J connectivity index is 1.16. The number of aliphatic hydroxyl groups is 1. The Hall–Kier alpha value is -3.08. The van der Waals surface area contributed by atoms with Crippen molar-refractivity contribution in [3.8, 4) is 17.0 Å². The molecule has 1 amide bonds. The lowest BCUT2D eigenvalue weighted by atomic mass is 9.65. The third-order valence-corrected chi connectivity index (χ3v) is 9.36. The number of hydrogen-bond acceptors (Lipinski definition) is 7. The highest BCUT2D eigenvalue weighted by molar-refractivity contribution is 7.89. The normalized spacial score (nSPS) is 20.0. The van der Waals surface area contributed by atoms with Crippen LogP contribution in [0.2, 0.25) is 15.1 Å². The van der Waals surface area contributed by atoms with E-state index in [0.717, 1.165) is 36.0 Å². The van der Waals surface area contributed by atoms with E-state index in [1.165, 1.54) is 0 Å². The fourth-order valence-corrected chi connectivity index (χ4v) is 6.92. The van der Waals surface area contributed by atoms with Crippen LogP contribution in [0.5, 0.6) is 5.75 Å². The molecule has 0 bridgehead atoms. The smallest absolute Gasteiger partial charge is 0.264 e. The summed E-state index contributed by atoms with van der Waals surface area (Å²) in [7, 11) is -3.68. The molecule has 1 aromatic heterocycles. The number of amides is 1. The molecular formula is C31H27Cl3N2O6S. The van der Waals surface area contributed by atoms with Gasteiger partial charge in [0, 0.05) is 22.6 Å². The summed E-state index contributed by atoms with van der Waals surface area (Å²) in [6, 6.07) is 17.2. The molecule has 0 radical (unpaired) electrons. The van der Waals surface area contributed by atoms with Gasteiger partial charge < -0.3 is 14.4 Å². The van der Waals surface area contributed by atoms with Crippen LogP contribution < -0.4 is 9.46 Å². The van der Waals surface area contributed by atoms with Gasteiger partial charge in [-0.3, -0.25) is 4.79 Å². The lowest BCUT2D eigenvalue weighted by molar-refractivity contribution is -0.0549. The maximum absolute atomic E-state index is 12.3. The first-order chi connectivity index (χ1) is 20.4. The van der Waals surface area contributed by atoms with Gasteiger partial charge in [-0.2, -0.15) is 0 Å². The Bertz CT molecular complexity index is 1810. The van der Waals surface area contributed by atoms with E-state index in [1.54, 1.807) is 54.6 Å². The SMILES string of the molecule is CS(=O)(=O)NC(=O)c1cccc(C2CC(O)(c3ccc(OCc4c(-c5c(Cl)cccc5Cl)noc4C4CC4)cc3Cl)C2)c1. The van der Waals surface area contributed by atoms with E-state index in [0.29, 0.717) is 50.5 Å². The Morgan fingerprint density at radius 3 is 2.37 bits per heavy atom. The Labute approximate surface area is 263 Å². The predicted molar refractivity (Wildman–Crippen MR) is 164 cm³/mol. The number of aromatic nitrogens is 1. The third kappa shape index (κ3) is 6.28. The summed E-state index contributed by atoms with van der Waals surface area (Å²) >= 11 is 19.6. The average molecular weight is 662 g/mol. The van der Waals surface area contributed by atoms with Gasteiger partial charge in [0.25, 0.3) is 5.91 Å². The predicted octanol–water partition coefficient (Wildman–Crippen LogP) is 7.21. The number of hydrogen-bond donors (Lipinski definition) is 2. The van der Waals surface area contributed by atoms with E-state index in [2.05, 4.69) is 5.16 Å². The van der Waals surface area contributed by atoms with E-state index >= 15 is 0 Å². The molecule has 2 N–H and O–H groups in total. The monoisotopic (exact) mass is 660 g/mol. The van der Waals surface area contributed by atoms with Gasteiger partial charge in [-0.1, -0.05) is 64.2 Å². The second-order valence-corrected chi connectivity index (χ2v) is 14.1. The van der Waals surface area contributed by atoms with Crippen LogP contribution >= 0.6 is 34.8 Å². The molecule has 4 aromatic rings. The summed E-state index contributed by atoms with van der Waals surface area (Å²) in [5.41, 5.74) is 2.41. The van der Waals surface area contributed by atoms with Gasteiger partial charge >= 0.3 is 0 Å². The fourth-order valence-electron chi connectivity index (χ4n) is 5.54. The molecule has 0 atom stereocenters. The molecule has 8 nitrogen and oxygen atoms in total. The summed E-state index contributed by atoms with van der Waals surface area (Å²) < 4.78 is 36.7. The Morgan fingerprint density at radius 2 is 1.72 bits per heavy atom. The van der Waals surface area contributed by atoms with Crippen LogP contribution in [0.4, 0.5) is 0 Å². The molecule has 0 saturated heterocycles. The number of benzene rings is 3. The molecule has 0 spiro atoms. The minimum Gasteiger partial charge on any atom is -0.489 e. The topological polar surface area (TPSA) is 119 Å². The van der Waals surface area contributed by atoms with Crippen LogP contribution in [-0.4, -0.2) is 30.8 Å². The molecule has 2 fully saturated rings. The quantitative estimate of drug-likeness (QED) is 0.195. The molecule has 0 unspecified atom stereocenters. The molecule has 0 aliphatic heterocycles. The summed E-state index contributed by atoms with van der Waals surface area (Å²) in [4.78, 5) is 12.3. The highest BCUT2D eigenvalue weighted by Crippen LogP contribution is 2.53. The molecule has 224 valence electrons. The van der Waals surface area contributed by atoms with Crippen molar-refractivity contribution in [3.63, 3.8) is 0 Å². The van der Waals surface area contributed by atoms with Crippen LogP contribution in [0.15, 0.2) is 65.2 Å². The van der Waals surface area contributed by atoms with Gasteiger partial charge in [0.2, 0.25) is 10.0 Å². The standard InChI is InChI=1S/C31H27Cl3N2O6S/c1-43(39,40)36-30(37)19-5-2-4-18(12-19)20-14-31(38,15-20)23-11-10-21(13-26(23)34)41-16-22-28(35-42-29(22)17-8-9-17)27-24(32)6-3-7-25(27)33/h2-7,10-13,17,20,38H,8-9,14-16H2,1H3,(H,36,37). The zero-order valence-electron chi connectivity index (χ0n) is 22.9. The first-order valence-corrected chi connectivity index (χ1v) is 16.6. The maximum Gasteiger partial charge on any atom is 0.264 e. The molecule has 1 heterocycles. The van der Waals surface area contributed by atoms with Crippen molar-refractivity contribution in [2.75, 3.05) is 6.26 Å². The number of rotatable bonds is 9. The maximum atomic E-state index is 12.3. The highest BCUT2D eigenvalue weighted by Gasteiger charge is 2.46. The summed E-state index contributed by atoms with van der Waals surface area (Å²) in [6.45, 7) is 0.164. The first kappa shape index (κ1) is 30.0. The summed E-state index contributed by atoms with van der Waals surface area (Å²) in [5, 5.41) is 17.0. The third-order valence-electron chi connectivity index (χ3n) is 7.86. The van der Waals surface area contributed by atoms with E-state index in [9.17, 15) is 18.3 Å². The van der Waals surface area contributed by atoms with E-state index in [1.807, 2.05) is 10.8 Å². The number of carbonyl (C=O) groups is 1. The lowest BCUT2D eigenvalue weighted by Crippen LogP contribution is -2.40. The molecule has 2 saturated carbocycles. The van der Waals surface area contributed by atoms with Crippen molar-refractivity contribution in [1.29, 1.82) is 0 Å². The van der Waals surface area contributed by atoms with Crippen molar-refractivity contribution in [3.05, 3.63) is 104 Å². The Morgan fingerprint density at radius 1 is 1.02 bits per heavy atom. The zero-order valence-corrected chi connectivity index (χ0v) is 26.0. The van der Waals surface area contributed by atoms with Gasteiger partial charge in [-0.25, -0.2) is 13.1 Å².